The lowest BCUT2D eigenvalue weighted by atomic mass is 9.99. The number of halogens is 1. The number of carbonyl (C=O) groups excluding carboxylic acids is 1. The standard InChI is InChI=1S/C18H20FN5O/c1-24-22-17(21-23-24)15-10-16(14-8-3-2-7-13(14)15)20-18(25)11-5-4-6-12(19)9-11/h2-9,15-17,21-23H,10H2,1H3,(H,20,25). The van der Waals surface area contributed by atoms with Crippen LogP contribution in [0.5, 0.6) is 0 Å². The molecule has 130 valence electrons. The molecule has 0 aromatic heterocycles. The summed E-state index contributed by atoms with van der Waals surface area (Å²) in [5, 5.41) is 4.82. The van der Waals surface area contributed by atoms with Crippen molar-refractivity contribution in [3.05, 3.63) is 71.0 Å². The fourth-order valence-corrected chi connectivity index (χ4v) is 3.63. The minimum atomic E-state index is -0.411. The zero-order chi connectivity index (χ0) is 17.4. The highest BCUT2D eigenvalue weighted by Gasteiger charge is 2.38. The highest BCUT2D eigenvalue weighted by atomic mass is 19.1. The van der Waals surface area contributed by atoms with Gasteiger partial charge in [-0.3, -0.25) is 4.79 Å². The first kappa shape index (κ1) is 16.2. The van der Waals surface area contributed by atoms with Crippen molar-refractivity contribution in [1.29, 1.82) is 0 Å². The molecule has 0 bridgehead atoms. The Balaban J connectivity index is 1.56. The molecular weight excluding hydrogens is 321 g/mol. The lowest BCUT2D eigenvalue weighted by Crippen LogP contribution is -2.39. The van der Waals surface area contributed by atoms with Crippen LogP contribution >= 0.6 is 0 Å². The zero-order valence-corrected chi connectivity index (χ0v) is 13.8. The minimum absolute atomic E-state index is 0.0298. The second-order valence-electron chi connectivity index (χ2n) is 6.43. The number of nitrogens with one attached hydrogen (secondary N) is 4. The number of fused-ring (bicyclic) bond motifs is 1. The lowest BCUT2D eigenvalue weighted by Gasteiger charge is -2.19. The van der Waals surface area contributed by atoms with E-state index >= 15 is 0 Å². The molecule has 7 heteroatoms. The molecule has 2 aliphatic rings. The van der Waals surface area contributed by atoms with Crippen LogP contribution in [0.1, 0.15) is 39.9 Å². The monoisotopic (exact) mass is 341 g/mol. The molecule has 4 rings (SSSR count). The molecule has 0 radical (unpaired) electrons. The van der Waals surface area contributed by atoms with Crippen LogP contribution < -0.4 is 21.7 Å². The van der Waals surface area contributed by atoms with Crippen LogP contribution in [0.2, 0.25) is 0 Å². The Morgan fingerprint density at radius 2 is 2.00 bits per heavy atom. The molecule has 1 aliphatic carbocycles. The van der Waals surface area contributed by atoms with Crippen molar-refractivity contribution in [2.24, 2.45) is 0 Å². The topological polar surface area (TPSA) is 68.4 Å². The first-order valence-corrected chi connectivity index (χ1v) is 8.28. The van der Waals surface area contributed by atoms with Crippen LogP contribution in [-0.4, -0.2) is 24.2 Å². The summed E-state index contributed by atoms with van der Waals surface area (Å²) in [6.07, 6.45) is 0.794. The number of carbonyl (C=O) groups is 1. The van der Waals surface area contributed by atoms with Gasteiger partial charge in [-0.15, -0.1) is 0 Å². The predicted octanol–water partition coefficient (Wildman–Crippen LogP) is 1.57. The predicted molar refractivity (Wildman–Crippen MR) is 91.4 cm³/mol. The number of hydrazine groups is 3. The van der Waals surface area contributed by atoms with Crippen LogP contribution in [-0.2, 0) is 0 Å². The number of rotatable bonds is 3. The van der Waals surface area contributed by atoms with Crippen molar-refractivity contribution in [1.82, 2.24) is 26.8 Å². The van der Waals surface area contributed by atoms with Gasteiger partial charge in [0.1, 0.15) is 5.82 Å². The molecule has 0 saturated carbocycles. The largest absolute Gasteiger partial charge is 0.345 e. The van der Waals surface area contributed by atoms with E-state index in [0.29, 0.717) is 5.56 Å². The lowest BCUT2D eigenvalue weighted by molar-refractivity contribution is 0.0934. The fourth-order valence-electron chi connectivity index (χ4n) is 3.63. The van der Waals surface area contributed by atoms with Crippen molar-refractivity contribution in [2.45, 2.75) is 24.5 Å². The van der Waals surface area contributed by atoms with Gasteiger partial charge >= 0.3 is 0 Å². The Labute approximate surface area is 145 Å². The molecule has 1 saturated heterocycles. The summed E-state index contributed by atoms with van der Waals surface area (Å²) in [5.74, 6) is -0.472. The van der Waals surface area contributed by atoms with Crippen LogP contribution in [0.25, 0.3) is 0 Å². The Kier molecular flexibility index (Phi) is 4.22. The first-order chi connectivity index (χ1) is 12.1. The summed E-state index contributed by atoms with van der Waals surface area (Å²) < 4.78 is 13.4. The summed E-state index contributed by atoms with van der Waals surface area (Å²) in [4.78, 5) is 12.5. The summed E-state index contributed by atoms with van der Waals surface area (Å²) >= 11 is 0. The molecule has 1 fully saturated rings. The van der Waals surface area contributed by atoms with Crippen LogP contribution in [0, 0.1) is 5.82 Å². The average molecular weight is 341 g/mol. The van der Waals surface area contributed by atoms with Gasteiger partial charge < -0.3 is 5.32 Å². The quantitative estimate of drug-likeness (QED) is 0.682. The smallest absolute Gasteiger partial charge is 0.251 e. The highest BCUT2D eigenvalue weighted by molar-refractivity contribution is 5.94. The van der Waals surface area contributed by atoms with Gasteiger partial charge in [0.05, 0.1) is 12.2 Å². The second-order valence-corrected chi connectivity index (χ2v) is 6.43. The summed E-state index contributed by atoms with van der Waals surface area (Å²) in [7, 11) is 1.89. The molecule has 2 aromatic rings. The summed E-state index contributed by atoms with van der Waals surface area (Å²) in [6.45, 7) is 0. The Morgan fingerprint density at radius 3 is 2.72 bits per heavy atom. The maximum atomic E-state index is 13.4. The maximum Gasteiger partial charge on any atom is 0.251 e. The van der Waals surface area contributed by atoms with E-state index in [1.807, 2.05) is 25.2 Å². The van der Waals surface area contributed by atoms with Gasteiger partial charge in [0.2, 0.25) is 0 Å². The molecule has 1 aliphatic heterocycles. The number of amides is 1. The van der Waals surface area contributed by atoms with E-state index in [-0.39, 0.29) is 24.0 Å². The Morgan fingerprint density at radius 1 is 1.20 bits per heavy atom. The zero-order valence-electron chi connectivity index (χ0n) is 13.8. The van der Waals surface area contributed by atoms with Gasteiger partial charge in [0.15, 0.2) is 0 Å². The van der Waals surface area contributed by atoms with Crippen LogP contribution in [0.15, 0.2) is 48.5 Å². The molecule has 6 nitrogen and oxygen atoms in total. The van der Waals surface area contributed by atoms with Gasteiger partial charge in [0.25, 0.3) is 5.91 Å². The van der Waals surface area contributed by atoms with Gasteiger partial charge in [-0.2, -0.15) is 10.7 Å². The summed E-state index contributed by atoms with van der Waals surface area (Å²) in [5.41, 5.74) is 12.2. The SMILES string of the molecule is CN1NNC(C2CC(NC(=O)c3cccc(F)c3)c3ccccc32)N1. The van der Waals surface area contributed by atoms with Crippen molar-refractivity contribution >= 4 is 5.91 Å². The molecule has 2 aromatic carbocycles. The van der Waals surface area contributed by atoms with Gasteiger partial charge in [-0.25, -0.2) is 15.2 Å². The van der Waals surface area contributed by atoms with Gasteiger partial charge in [-0.05, 0) is 35.7 Å². The molecule has 3 atom stereocenters. The Bertz CT molecular complexity index is 799. The first-order valence-electron chi connectivity index (χ1n) is 8.28. The van der Waals surface area contributed by atoms with E-state index in [9.17, 15) is 9.18 Å². The third-order valence-corrected chi connectivity index (χ3v) is 4.78. The van der Waals surface area contributed by atoms with Crippen LogP contribution in [0.4, 0.5) is 4.39 Å². The van der Waals surface area contributed by atoms with E-state index in [0.717, 1.165) is 12.0 Å². The van der Waals surface area contributed by atoms with Crippen molar-refractivity contribution in [2.75, 3.05) is 7.05 Å². The fraction of sp³-hybridized carbons (Fsp3) is 0.278. The van der Waals surface area contributed by atoms with Crippen LogP contribution in [0.3, 0.4) is 0 Å². The van der Waals surface area contributed by atoms with Gasteiger partial charge in [0, 0.05) is 18.5 Å². The number of hydrogen-bond acceptors (Lipinski definition) is 5. The Hall–Kier alpha value is -2.32. The number of nitrogens with zero attached hydrogens (tertiary/aromatic N) is 1. The maximum absolute atomic E-state index is 13.4. The van der Waals surface area contributed by atoms with E-state index in [1.165, 1.54) is 17.7 Å². The van der Waals surface area contributed by atoms with E-state index < -0.39 is 5.82 Å². The van der Waals surface area contributed by atoms with Crippen molar-refractivity contribution in [3.63, 3.8) is 0 Å². The molecular formula is C18H20FN5O. The van der Waals surface area contributed by atoms with Crippen molar-refractivity contribution < 1.29 is 9.18 Å². The molecule has 4 N–H and O–H groups in total. The molecule has 1 heterocycles. The highest BCUT2D eigenvalue weighted by Crippen LogP contribution is 2.41. The minimum Gasteiger partial charge on any atom is -0.345 e. The molecule has 25 heavy (non-hydrogen) atoms. The van der Waals surface area contributed by atoms with Crippen molar-refractivity contribution in [3.8, 4) is 0 Å². The van der Waals surface area contributed by atoms with Gasteiger partial charge in [-0.1, -0.05) is 30.3 Å². The molecule has 1 amide bonds. The van der Waals surface area contributed by atoms with E-state index in [1.54, 1.807) is 17.3 Å². The molecule has 0 spiro atoms. The average Bonchev–Trinajstić information content (AvgIpc) is 3.19. The third-order valence-electron chi connectivity index (χ3n) is 4.78. The summed E-state index contributed by atoms with van der Waals surface area (Å²) in [6, 6.07) is 13.8. The van der Waals surface area contributed by atoms with E-state index in [4.69, 9.17) is 0 Å². The number of hydrogen-bond donors (Lipinski definition) is 4. The van der Waals surface area contributed by atoms with E-state index in [2.05, 4.69) is 27.8 Å². The second kappa shape index (κ2) is 6.53. The third kappa shape index (κ3) is 3.14. The molecule has 3 unspecified atom stereocenters. The number of benzene rings is 2. The normalized spacial score (nSPS) is 25.8.